The van der Waals surface area contributed by atoms with Crippen molar-refractivity contribution in [1.29, 1.82) is 0 Å². The van der Waals surface area contributed by atoms with Crippen molar-refractivity contribution in [3.63, 3.8) is 0 Å². The first-order chi connectivity index (χ1) is 7.69. The van der Waals surface area contributed by atoms with Crippen LogP contribution in [0.15, 0.2) is 22.1 Å². The molecule has 2 aromatic heterocycles. The Labute approximate surface area is 94.9 Å². The van der Waals surface area contributed by atoms with E-state index in [4.69, 9.17) is 0 Å². The van der Waals surface area contributed by atoms with E-state index < -0.39 is 0 Å². The molecule has 16 heavy (non-hydrogen) atoms. The first-order valence-electron chi connectivity index (χ1n) is 4.81. The fourth-order valence-corrected chi connectivity index (χ4v) is 2.21. The Morgan fingerprint density at radius 1 is 1.31 bits per heavy atom. The lowest BCUT2D eigenvalue weighted by Gasteiger charge is -1.92. The molecule has 0 saturated carbocycles. The third kappa shape index (κ3) is 1.19. The maximum atomic E-state index is 11.4. The van der Waals surface area contributed by atoms with E-state index in [2.05, 4.69) is 15.0 Å². The van der Waals surface area contributed by atoms with E-state index in [1.54, 1.807) is 23.4 Å². The highest BCUT2D eigenvalue weighted by Crippen LogP contribution is 2.21. The van der Waals surface area contributed by atoms with Crippen LogP contribution >= 0.6 is 11.8 Å². The Morgan fingerprint density at radius 3 is 2.88 bits per heavy atom. The Hall–Kier alpha value is -1.69. The number of aryl methyl sites for hydroxylation is 1. The predicted molar refractivity (Wildman–Crippen MR) is 65.0 cm³/mol. The number of hydrogen-bond donors (Lipinski definition) is 2. The third-order valence-electron chi connectivity index (χ3n) is 2.68. The van der Waals surface area contributed by atoms with Crippen LogP contribution in [0.1, 0.15) is 0 Å². The van der Waals surface area contributed by atoms with Gasteiger partial charge in [0.1, 0.15) is 0 Å². The minimum atomic E-state index is -0.104. The van der Waals surface area contributed by atoms with Gasteiger partial charge in [0.15, 0.2) is 5.16 Å². The highest BCUT2D eigenvalue weighted by atomic mass is 32.2. The number of aromatic nitrogens is 4. The van der Waals surface area contributed by atoms with Gasteiger partial charge >= 0.3 is 5.69 Å². The smallest absolute Gasteiger partial charge is 0.326 e. The van der Waals surface area contributed by atoms with Gasteiger partial charge in [-0.1, -0.05) is 11.8 Å². The Balaban J connectivity index is 2.44. The lowest BCUT2D eigenvalue weighted by Crippen LogP contribution is -2.11. The number of H-pyrrole nitrogens is 2. The van der Waals surface area contributed by atoms with Crippen molar-refractivity contribution in [3.8, 4) is 0 Å². The standard InChI is InChI=1S/C10H10N4OS/c1-14-8-4-6-5(11-9(12-6)16-2)3-7(8)13-10(14)15/h3-4H,1-2H3,(H,11,12)(H,13,15). The number of benzene rings is 1. The summed E-state index contributed by atoms with van der Waals surface area (Å²) in [5.74, 6) is 0. The fourth-order valence-electron chi connectivity index (χ4n) is 1.81. The summed E-state index contributed by atoms with van der Waals surface area (Å²) in [6.45, 7) is 0. The van der Waals surface area contributed by atoms with Crippen molar-refractivity contribution >= 4 is 33.8 Å². The zero-order chi connectivity index (χ0) is 11.3. The summed E-state index contributed by atoms with van der Waals surface area (Å²) in [5.41, 5.74) is 3.42. The molecule has 3 aromatic rings. The van der Waals surface area contributed by atoms with Crippen LogP contribution in [0.25, 0.3) is 22.1 Å². The van der Waals surface area contributed by atoms with E-state index in [1.807, 2.05) is 18.4 Å². The molecular formula is C10H10N4OS. The molecule has 0 unspecified atom stereocenters. The summed E-state index contributed by atoms with van der Waals surface area (Å²) in [7, 11) is 1.75. The molecule has 0 saturated heterocycles. The summed E-state index contributed by atoms with van der Waals surface area (Å²) in [6.07, 6.45) is 1.97. The van der Waals surface area contributed by atoms with Crippen LogP contribution in [0.3, 0.4) is 0 Å². The molecule has 2 N–H and O–H groups in total. The molecule has 5 nitrogen and oxygen atoms in total. The summed E-state index contributed by atoms with van der Waals surface area (Å²) >= 11 is 1.57. The van der Waals surface area contributed by atoms with Crippen molar-refractivity contribution in [2.75, 3.05) is 6.26 Å². The van der Waals surface area contributed by atoms with E-state index in [0.717, 1.165) is 27.2 Å². The van der Waals surface area contributed by atoms with E-state index >= 15 is 0 Å². The van der Waals surface area contributed by atoms with Gasteiger partial charge in [0.05, 0.1) is 22.1 Å². The lowest BCUT2D eigenvalue weighted by molar-refractivity contribution is 0.892. The first-order valence-corrected chi connectivity index (χ1v) is 6.04. The average Bonchev–Trinajstić information content (AvgIpc) is 2.79. The van der Waals surface area contributed by atoms with Gasteiger partial charge in [-0.2, -0.15) is 0 Å². The number of nitrogens with one attached hydrogen (secondary N) is 2. The number of imidazole rings is 2. The number of fused-ring (bicyclic) bond motifs is 2. The molecule has 2 heterocycles. The van der Waals surface area contributed by atoms with Crippen molar-refractivity contribution in [2.24, 2.45) is 7.05 Å². The Morgan fingerprint density at radius 2 is 2.12 bits per heavy atom. The van der Waals surface area contributed by atoms with Crippen LogP contribution in [0, 0.1) is 0 Å². The number of rotatable bonds is 1. The molecule has 0 aliphatic rings. The van der Waals surface area contributed by atoms with Crippen molar-refractivity contribution in [3.05, 3.63) is 22.6 Å². The van der Waals surface area contributed by atoms with Crippen LogP contribution in [-0.4, -0.2) is 25.8 Å². The number of nitrogens with zero attached hydrogens (tertiary/aromatic N) is 2. The van der Waals surface area contributed by atoms with Crippen molar-refractivity contribution in [2.45, 2.75) is 5.16 Å². The van der Waals surface area contributed by atoms with Crippen molar-refractivity contribution in [1.82, 2.24) is 19.5 Å². The quantitative estimate of drug-likeness (QED) is 0.626. The molecular weight excluding hydrogens is 224 g/mol. The van der Waals surface area contributed by atoms with Gasteiger partial charge in [0.25, 0.3) is 0 Å². The molecule has 0 fully saturated rings. The third-order valence-corrected chi connectivity index (χ3v) is 3.26. The second-order valence-electron chi connectivity index (χ2n) is 3.62. The van der Waals surface area contributed by atoms with Gasteiger partial charge in [0.2, 0.25) is 0 Å². The maximum absolute atomic E-state index is 11.4. The van der Waals surface area contributed by atoms with E-state index in [0.29, 0.717) is 0 Å². The predicted octanol–water partition coefficient (Wildman–Crippen LogP) is 1.46. The van der Waals surface area contributed by atoms with Crippen molar-refractivity contribution < 1.29 is 0 Å². The Bertz CT molecular complexity index is 736. The topological polar surface area (TPSA) is 66.5 Å². The highest BCUT2D eigenvalue weighted by molar-refractivity contribution is 7.98. The average molecular weight is 234 g/mol. The molecule has 1 aromatic carbocycles. The normalized spacial score (nSPS) is 11.6. The van der Waals surface area contributed by atoms with Gasteiger partial charge in [-0.15, -0.1) is 0 Å². The van der Waals surface area contributed by atoms with Gasteiger partial charge in [-0.3, -0.25) is 4.57 Å². The van der Waals surface area contributed by atoms with Gasteiger partial charge in [0, 0.05) is 7.05 Å². The molecule has 0 bridgehead atoms. The molecule has 82 valence electrons. The largest absolute Gasteiger partial charge is 0.333 e. The molecule has 0 spiro atoms. The van der Waals surface area contributed by atoms with Gasteiger partial charge < -0.3 is 9.97 Å². The van der Waals surface area contributed by atoms with Gasteiger partial charge in [-0.25, -0.2) is 9.78 Å². The SMILES string of the molecule is CSc1nc2cc3c(cc2[nH]1)[nH]c(=O)n3C. The first kappa shape index (κ1) is 9.53. The molecule has 0 aliphatic carbocycles. The molecule has 3 rings (SSSR count). The summed E-state index contributed by atoms with van der Waals surface area (Å²) < 4.78 is 1.59. The zero-order valence-electron chi connectivity index (χ0n) is 8.87. The van der Waals surface area contributed by atoms with Crippen LogP contribution in [-0.2, 0) is 7.05 Å². The van der Waals surface area contributed by atoms with Crippen LogP contribution in [0.2, 0.25) is 0 Å². The number of aromatic amines is 2. The zero-order valence-corrected chi connectivity index (χ0v) is 9.68. The molecule has 0 radical (unpaired) electrons. The second-order valence-corrected chi connectivity index (χ2v) is 4.42. The highest BCUT2D eigenvalue weighted by Gasteiger charge is 2.07. The Kier molecular flexibility index (Phi) is 1.88. The molecule has 0 atom stereocenters. The van der Waals surface area contributed by atoms with E-state index in [-0.39, 0.29) is 5.69 Å². The summed E-state index contributed by atoms with van der Waals surface area (Å²) in [6, 6.07) is 3.83. The van der Waals surface area contributed by atoms with E-state index in [1.165, 1.54) is 0 Å². The van der Waals surface area contributed by atoms with Crippen LogP contribution in [0.5, 0.6) is 0 Å². The second kappa shape index (κ2) is 3.15. The van der Waals surface area contributed by atoms with E-state index in [9.17, 15) is 4.79 Å². The monoisotopic (exact) mass is 234 g/mol. The number of hydrogen-bond acceptors (Lipinski definition) is 3. The molecule has 0 amide bonds. The maximum Gasteiger partial charge on any atom is 0.326 e. The van der Waals surface area contributed by atoms with Crippen LogP contribution < -0.4 is 5.69 Å². The minimum absolute atomic E-state index is 0.104. The molecule has 6 heteroatoms. The van der Waals surface area contributed by atoms with Gasteiger partial charge in [-0.05, 0) is 18.4 Å². The number of thioether (sulfide) groups is 1. The lowest BCUT2D eigenvalue weighted by atomic mass is 10.3. The summed E-state index contributed by atoms with van der Waals surface area (Å²) in [5, 5.41) is 0.882. The molecule has 0 aliphatic heterocycles. The minimum Gasteiger partial charge on any atom is -0.333 e. The van der Waals surface area contributed by atoms with Crippen LogP contribution in [0.4, 0.5) is 0 Å². The summed E-state index contributed by atoms with van der Waals surface area (Å²) in [4.78, 5) is 21.8. The fraction of sp³-hybridized carbons (Fsp3) is 0.200.